The number of thiazole rings is 1. The predicted molar refractivity (Wildman–Crippen MR) is 163 cm³/mol. The Hall–Kier alpha value is -3.84. The van der Waals surface area contributed by atoms with E-state index in [1.807, 2.05) is 6.07 Å². The normalized spacial score (nSPS) is 14.8. The number of hydrogen-bond acceptors (Lipinski definition) is 7. The molecule has 0 amide bonds. The molecule has 0 unspecified atom stereocenters. The molecule has 1 aliphatic heterocycles. The van der Waals surface area contributed by atoms with Crippen LogP contribution in [0.5, 0.6) is 11.5 Å². The van der Waals surface area contributed by atoms with Crippen molar-refractivity contribution in [2.75, 3.05) is 13.7 Å². The average molecular weight is 703 g/mol. The fourth-order valence-electron chi connectivity index (χ4n) is 4.63. The molecular weight excluding hydrogens is 677 g/mol. The Kier molecular flexibility index (Phi) is 8.88. The molecule has 0 radical (unpaired) electrons. The van der Waals surface area contributed by atoms with Crippen molar-refractivity contribution in [2.45, 2.75) is 26.5 Å². The van der Waals surface area contributed by atoms with E-state index in [1.165, 1.54) is 41.2 Å². The van der Waals surface area contributed by atoms with Gasteiger partial charge in [-0.25, -0.2) is 18.6 Å². The molecular formula is C31H25F2IN2O5S. The average Bonchev–Trinajstić information content (AvgIpc) is 3.26. The third-order valence-corrected chi connectivity index (χ3v) is 8.37. The van der Waals surface area contributed by atoms with E-state index in [0.29, 0.717) is 46.8 Å². The van der Waals surface area contributed by atoms with Gasteiger partial charge >= 0.3 is 5.97 Å². The van der Waals surface area contributed by atoms with Gasteiger partial charge in [0.2, 0.25) is 0 Å². The molecule has 0 fully saturated rings. The van der Waals surface area contributed by atoms with E-state index in [9.17, 15) is 18.4 Å². The molecule has 0 aliphatic carbocycles. The number of aromatic nitrogens is 1. The number of esters is 1. The largest absolute Gasteiger partial charge is 0.493 e. The van der Waals surface area contributed by atoms with Crippen LogP contribution in [0.3, 0.4) is 0 Å². The van der Waals surface area contributed by atoms with E-state index in [-0.39, 0.29) is 30.2 Å². The molecule has 216 valence electrons. The highest BCUT2D eigenvalue weighted by Crippen LogP contribution is 2.35. The summed E-state index contributed by atoms with van der Waals surface area (Å²) in [4.78, 5) is 31.8. The van der Waals surface area contributed by atoms with Crippen LogP contribution >= 0.6 is 33.9 Å². The maximum atomic E-state index is 14.1. The number of hydrogen-bond donors (Lipinski definition) is 0. The van der Waals surface area contributed by atoms with E-state index in [0.717, 1.165) is 0 Å². The highest BCUT2D eigenvalue weighted by Gasteiger charge is 2.33. The topological polar surface area (TPSA) is 79.1 Å². The van der Waals surface area contributed by atoms with Gasteiger partial charge in [-0.1, -0.05) is 41.7 Å². The monoisotopic (exact) mass is 702 g/mol. The Labute approximate surface area is 257 Å². The zero-order valence-corrected chi connectivity index (χ0v) is 25.8. The van der Waals surface area contributed by atoms with Gasteiger partial charge in [0.1, 0.15) is 18.2 Å². The van der Waals surface area contributed by atoms with Crippen molar-refractivity contribution in [3.8, 4) is 11.5 Å². The minimum atomic E-state index is -0.841. The van der Waals surface area contributed by atoms with Gasteiger partial charge in [-0.2, -0.15) is 0 Å². The van der Waals surface area contributed by atoms with Crippen LogP contribution in [-0.4, -0.2) is 24.3 Å². The molecule has 1 aliphatic rings. The minimum Gasteiger partial charge on any atom is -0.493 e. The number of benzene rings is 3. The van der Waals surface area contributed by atoms with Crippen LogP contribution in [-0.2, 0) is 16.1 Å². The fourth-order valence-corrected chi connectivity index (χ4v) is 6.46. The van der Waals surface area contributed by atoms with Gasteiger partial charge in [0, 0.05) is 5.56 Å². The number of carbonyl (C=O) groups excluding carboxylic acids is 1. The second-order valence-electron chi connectivity index (χ2n) is 9.27. The van der Waals surface area contributed by atoms with Gasteiger partial charge < -0.3 is 14.2 Å². The molecule has 5 rings (SSSR count). The van der Waals surface area contributed by atoms with E-state index in [1.54, 1.807) is 56.3 Å². The molecule has 1 atom stereocenters. The van der Waals surface area contributed by atoms with E-state index < -0.39 is 17.8 Å². The Morgan fingerprint density at radius 3 is 2.57 bits per heavy atom. The van der Waals surface area contributed by atoms with Crippen molar-refractivity contribution in [3.63, 3.8) is 0 Å². The first-order valence-electron chi connectivity index (χ1n) is 12.9. The van der Waals surface area contributed by atoms with Crippen molar-refractivity contribution in [1.82, 2.24) is 4.57 Å². The van der Waals surface area contributed by atoms with Gasteiger partial charge in [0.15, 0.2) is 16.3 Å². The van der Waals surface area contributed by atoms with Gasteiger partial charge in [-0.3, -0.25) is 9.36 Å². The molecule has 42 heavy (non-hydrogen) atoms. The Morgan fingerprint density at radius 2 is 1.88 bits per heavy atom. The third kappa shape index (κ3) is 5.88. The summed E-state index contributed by atoms with van der Waals surface area (Å²) in [5.74, 6) is -0.520. The first kappa shape index (κ1) is 29.6. The Morgan fingerprint density at radius 1 is 1.14 bits per heavy atom. The highest BCUT2D eigenvalue weighted by atomic mass is 127. The number of ether oxygens (including phenoxy) is 3. The fraction of sp³-hybridized carbons (Fsp3) is 0.194. The number of methoxy groups -OCH3 is 1. The lowest BCUT2D eigenvalue weighted by Crippen LogP contribution is -2.39. The quantitative estimate of drug-likeness (QED) is 0.185. The lowest BCUT2D eigenvalue weighted by atomic mass is 9.96. The first-order chi connectivity index (χ1) is 20.2. The second kappa shape index (κ2) is 12.6. The predicted octanol–water partition coefficient (Wildman–Crippen LogP) is 5.27. The summed E-state index contributed by atoms with van der Waals surface area (Å²) in [7, 11) is 1.50. The van der Waals surface area contributed by atoms with Crippen LogP contribution in [0.2, 0.25) is 0 Å². The maximum Gasteiger partial charge on any atom is 0.338 e. The Balaban J connectivity index is 1.58. The van der Waals surface area contributed by atoms with Gasteiger partial charge in [0.05, 0.1) is 39.1 Å². The van der Waals surface area contributed by atoms with Crippen LogP contribution in [0.15, 0.2) is 81.7 Å². The number of rotatable bonds is 8. The molecule has 7 nitrogen and oxygen atoms in total. The highest BCUT2D eigenvalue weighted by molar-refractivity contribution is 14.1. The molecule has 0 saturated carbocycles. The minimum absolute atomic E-state index is 0.0164. The summed E-state index contributed by atoms with van der Waals surface area (Å²) in [6.07, 6.45) is 1.71. The van der Waals surface area contributed by atoms with Crippen molar-refractivity contribution in [3.05, 3.63) is 124 Å². The van der Waals surface area contributed by atoms with Crippen LogP contribution in [0, 0.1) is 15.2 Å². The standard InChI is InChI=1S/C31H25F2IN2O5S/c1-4-40-30(38)26-17(2)35-31-36(27(26)19-9-11-21(32)12-10-19)29(37)25(42-31)15-18-13-23(34)28(24(14-18)39-3)41-16-20-7-5-6-8-22(20)33/h5-15,27H,4,16H2,1-3H3/b25-15-/t27-/m1/s1. The van der Waals surface area contributed by atoms with E-state index >= 15 is 0 Å². The number of halogens is 3. The van der Waals surface area contributed by atoms with Crippen molar-refractivity contribution in [1.29, 1.82) is 0 Å². The van der Waals surface area contributed by atoms with Crippen LogP contribution in [0.1, 0.15) is 36.6 Å². The van der Waals surface area contributed by atoms with Gasteiger partial charge in [-0.05, 0) is 84.0 Å². The SMILES string of the molecule is CCOC(=O)C1=C(C)N=c2s/c(=C\c3cc(I)c(OCc4ccccc4F)c(OC)c3)c(=O)n2[C@@H]1c1ccc(F)cc1. The number of carbonyl (C=O) groups is 1. The van der Waals surface area contributed by atoms with Crippen LogP contribution in [0.25, 0.3) is 6.08 Å². The molecule has 0 spiro atoms. The summed E-state index contributed by atoms with van der Waals surface area (Å²) >= 11 is 3.28. The molecule has 1 aromatic heterocycles. The van der Waals surface area contributed by atoms with Gasteiger partial charge in [-0.15, -0.1) is 0 Å². The first-order valence-corrected chi connectivity index (χ1v) is 14.8. The molecule has 3 aromatic carbocycles. The third-order valence-electron chi connectivity index (χ3n) is 6.58. The molecule has 2 heterocycles. The maximum absolute atomic E-state index is 14.1. The van der Waals surface area contributed by atoms with E-state index in [4.69, 9.17) is 14.2 Å². The van der Waals surface area contributed by atoms with E-state index in [2.05, 4.69) is 27.6 Å². The molecule has 0 saturated heterocycles. The van der Waals surface area contributed by atoms with Crippen molar-refractivity contribution < 1.29 is 27.8 Å². The summed E-state index contributed by atoms with van der Waals surface area (Å²) < 4.78 is 47.2. The summed E-state index contributed by atoms with van der Waals surface area (Å²) in [6.45, 7) is 3.55. The summed E-state index contributed by atoms with van der Waals surface area (Å²) in [5, 5.41) is 0. The smallest absolute Gasteiger partial charge is 0.338 e. The van der Waals surface area contributed by atoms with Crippen LogP contribution in [0.4, 0.5) is 8.78 Å². The second-order valence-corrected chi connectivity index (χ2v) is 11.4. The zero-order chi connectivity index (χ0) is 30.0. The lowest BCUT2D eigenvalue weighted by Gasteiger charge is -2.24. The number of allylic oxidation sites excluding steroid dienone is 1. The molecule has 0 bridgehead atoms. The molecule has 0 N–H and O–H groups in total. The summed E-state index contributed by atoms with van der Waals surface area (Å²) in [5.41, 5.74) is 1.90. The Bertz CT molecular complexity index is 1880. The number of nitrogens with zero attached hydrogens (tertiary/aromatic N) is 2. The summed E-state index contributed by atoms with van der Waals surface area (Å²) in [6, 6.07) is 14.7. The molecule has 4 aromatic rings. The van der Waals surface area contributed by atoms with Gasteiger partial charge in [0.25, 0.3) is 5.56 Å². The van der Waals surface area contributed by atoms with Crippen LogP contribution < -0.4 is 24.4 Å². The zero-order valence-electron chi connectivity index (χ0n) is 22.8. The van der Waals surface area contributed by atoms with Crippen molar-refractivity contribution >= 4 is 46.0 Å². The van der Waals surface area contributed by atoms with Crippen molar-refractivity contribution in [2.24, 2.45) is 4.99 Å². The molecule has 11 heteroatoms. The lowest BCUT2D eigenvalue weighted by molar-refractivity contribution is -0.139. The number of fused-ring (bicyclic) bond motifs is 1.